The van der Waals surface area contributed by atoms with E-state index in [-0.39, 0.29) is 36.8 Å². The summed E-state index contributed by atoms with van der Waals surface area (Å²) in [5, 5.41) is 7.35. The minimum absolute atomic E-state index is 0. The molecule has 2 aromatic heterocycles. The number of nitrogens with zero attached hydrogens (tertiary/aromatic N) is 5. The highest BCUT2D eigenvalue weighted by molar-refractivity contribution is 5.86. The van der Waals surface area contributed by atoms with E-state index in [1.807, 2.05) is 6.33 Å². The van der Waals surface area contributed by atoms with Crippen molar-refractivity contribution in [2.75, 3.05) is 23.7 Å². The van der Waals surface area contributed by atoms with Crippen LogP contribution in [0.4, 0.5) is 11.8 Å². The number of unbranched alkanes of at least 4 members (excludes halogenated alkanes) is 1. The SMILES string of the molecule is CCCCC(CC)C(=O)N1CCC(Nc2nc(NC3CCC(N)CC3)nc3c2ncn3C2CCCC2)CC1.Cl.Cl. The number of piperidine rings is 1. The predicted molar refractivity (Wildman–Crippen MR) is 168 cm³/mol. The number of imidazole rings is 1. The van der Waals surface area contributed by atoms with Crippen LogP contribution in [0.2, 0.25) is 0 Å². The summed E-state index contributed by atoms with van der Waals surface area (Å²) in [4.78, 5) is 29.9. The Morgan fingerprint density at radius 1 is 0.975 bits per heavy atom. The molecule has 4 N–H and O–H groups in total. The number of hydrogen-bond donors (Lipinski definition) is 3. The molecular weight excluding hydrogens is 547 g/mol. The molecule has 1 aliphatic heterocycles. The molecule has 0 aromatic carbocycles. The summed E-state index contributed by atoms with van der Waals surface area (Å²) in [5.41, 5.74) is 7.93. The van der Waals surface area contributed by atoms with E-state index in [0.29, 0.717) is 30.0 Å². The number of carbonyl (C=O) groups excluding carboxylic acids is 1. The van der Waals surface area contributed by atoms with Crippen LogP contribution in [-0.4, -0.2) is 61.5 Å². The molecule has 0 bridgehead atoms. The number of amides is 1. The normalized spacial score (nSPS) is 22.9. The summed E-state index contributed by atoms with van der Waals surface area (Å²) in [5.74, 6) is 2.02. The van der Waals surface area contributed by atoms with Gasteiger partial charge in [0.2, 0.25) is 11.9 Å². The molecule has 226 valence electrons. The number of halogens is 2. The van der Waals surface area contributed by atoms with Crippen LogP contribution in [0.3, 0.4) is 0 Å². The quantitative estimate of drug-likeness (QED) is 0.304. The molecule has 2 aromatic rings. The van der Waals surface area contributed by atoms with Gasteiger partial charge in [-0.15, -0.1) is 24.8 Å². The van der Waals surface area contributed by atoms with Gasteiger partial charge in [-0.2, -0.15) is 9.97 Å². The van der Waals surface area contributed by atoms with E-state index < -0.39 is 0 Å². The number of carbonyl (C=O) groups is 1. The molecule has 3 heterocycles. The van der Waals surface area contributed by atoms with Crippen molar-refractivity contribution in [2.24, 2.45) is 11.7 Å². The highest BCUT2D eigenvalue weighted by Crippen LogP contribution is 2.34. The van der Waals surface area contributed by atoms with Crippen molar-refractivity contribution < 1.29 is 4.79 Å². The fraction of sp³-hybridized carbons (Fsp3) is 0.793. The minimum atomic E-state index is 0. The van der Waals surface area contributed by atoms with Crippen LogP contribution in [-0.2, 0) is 4.79 Å². The number of hydrogen-bond acceptors (Lipinski definition) is 7. The van der Waals surface area contributed by atoms with Crippen LogP contribution in [0.15, 0.2) is 6.33 Å². The molecule has 3 fully saturated rings. The lowest BCUT2D eigenvalue weighted by atomic mass is 9.92. The summed E-state index contributed by atoms with van der Waals surface area (Å²) >= 11 is 0. The van der Waals surface area contributed by atoms with Crippen molar-refractivity contribution in [3.63, 3.8) is 0 Å². The zero-order valence-corrected chi connectivity index (χ0v) is 25.9. The van der Waals surface area contributed by atoms with Crippen molar-refractivity contribution in [1.29, 1.82) is 0 Å². The molecular formula is C29H50Cl2N8O. The zero-order valence-electron chi connectivity index (χ0n) is 24.3. The number of fused-ring (bicyclic) bond motifs is 1. The third-order valence-electron chi connectivity index (χ3n) is 9.14. The Hall–Kier alpha value is -1.84. The predicted octanol–water partition coefficient (Wildman–Crippen LogP) is 6.09. The topological polar surface area (TPSA) is 114 Å². The van der Waals surface area contributed by atoms with Crippen LogP contribution in [0.5, 0.6) is 0 Å². The van der Waals surface area contributed by atoms with Gasteiger partial charge < -0.3 is 25.8 Å². The second-order valence-electron chi connectivity index (χ2n) is 11.9. The van der Waals surface area contributed by atoms with E-state index in [2.05, 4.69) is 33.9 Å². The summed E-state index contributed by atoms with van der Waals surface area (Å²) in [6.45, 7) is 5.94. The molecule has 2 aliphatic carbocycles. The van der Waals surface area contributed by atoms with Crippen molar-refractivity contribution in [1.82, 2.24) is 24.4 Å². The van der Waals surface area contributed by atoms with Crippen LogP contribution in [0.1, 0.15) is 110 Å². The number of aromatic nitrogens is 4. The second-order valence-corrected chi connectivity index (χ2v) is 11.9. The largest absolute Gasteiger partial charge is 0.365 e. The maximum atomic E-state index is 13.1. The Labute approximate surface area is 252 Å². The lowest BCUT2D eigenvalue weighted by Crippen LogP contribution is -2.44. The molecule has 40 heavy (non-hydrogen) atoms. The fourth-order valence-corrected chi connectivity index (χ4v) is 6.63. The number of nitrogens with two attached hydrogens (primary N) is 1. The van der Waals surface area contributed by atoms with E-state index >= 15 is 0 Å². The molecule has 2 saturated carbocycles. The van der Waals surface area contributed by atoms with Gasteiger partial charge in [-0.05, 0) is 64.2 Å². The molecule has 1 saturated heterocycles. The van der Waals surface area contributed by atoms with Crippen LogP contribution in [0.25, 0.3) is 11.2 Å². The lowest BCUT2D eigenvalue weighted by molar-refractivity contribution is -0.136. The number of nitrogens with one attached hydrogen (secondary N) is 2. The third-order valence-corrected chi connectivity index (χ3v) is 9.14. The molecule has 9 nitrogen and oxygen atoms in total. The third kappa shape index (κ3) is 7.71. The van der Waals surface area contributed by atoms with Crippen LogP contribution in [0, 0.1) is 5.92 Å². The van der Waals surface area contributed by atoms with E-state index in [9.17, 15) is 4.79 Å². The second kappa shape index (κ2) is 15.4. The smallest absolute Gasteiger partial charge is 0.227 e. The standard InChI is InChI=1S/C29H48N8O.2ClH/c1-3-5-8-20(4-2)28(38)36-17-15-23(16-18-36)32-26-25-27(37(19-31-25)24-9-6-7-10-24)35-29(34-26)33-22-13-11-21(30)12-14-22;;/h19-24H,3-18,30H2,1-2H3,(H2,32,33,34,35);2*1H. The molecule has 0 radical (unpaired) electrons. The Bertz CT molecular complexity index is 1060. The van der Waals surface area contributed by atoms with Crippen LogP contribution < -0.4 is 16.4 Å². The van der Waals surface area contributed by atoms with Gasteiger partial charge in [-0.3, -0.25) is 4.79 Å². The summed E-state index contributed by atoms with van der Waals surface area (Å²) in [7, 11) is 0. The fourth-order valence-electron chi connectivity index (χ4n) is 6.63. The van der Waals surface area contributed by atoms with Gasteiger partial charge in [0, 0.05) is 43.2 Å². The maximum Gasteiger partial charge on any atom is 0.227 e. The summed E-state index contributed by atoms with van der Waals surface area (Å²) in [6.07, 6.45) is 17.1. The van der Waals surface area contributed by atoms with E-state index in [4.69, 9.17) is 20.7 Å². The van der Waals surface area contributed by atoms with Gasteiger partial charge in [0.25, 0.3) is 0 Å². The maximum absolute atomic E-state index is 13.1. The highest BCUT2D eigenvalue weighted by atomic mass is 35.5. The number of anilines is 2. The first-order valence-corrected chi connectivity index (χ1v) is 15.4. The molecule has 1 atom stereocenters. The van der Waals surface area contributed by atoms with Crippen molar-refractivity contribution in [3.05, 3.63) is 6.33 Å². The van der Waals surface area contributed by atoms with E-state index in [1.165, 1.54) is 25.7 Å². The average molecular weight is 598 g/mol. The number of rotatable bonds is 10. The molecule has 1 unspecified atom stereocenters. The zero-order chi connectivity index (χ0) is 26.5. The average Bonchev–Trinajstić information content (AvgIpc) is 3.61. The Kier molecular flexibility index (Phi) is 12.6. The molecule has 11 heteroatoms. The summed E-state index contributed by atoms with van der Waals surface area (Å²) in [6, 6.07) is 1.41. The molecule has 1 amide bonds. The molecule has 3 aliphatic rings. The first-order chi connectivity index (χ1) is 18.6. The first kappa shape index (κ1) is 32.7. The minimum Gasteiger partial charge on any atom is -0.365 e. The Morgan fingerprint density at radius 2 is 1.65 bits per heavy atom. The van der Waals surface area contributed by atoms with E-state index in [1.54, 1.807) is 0 Å². The van der Waals surface area contributed by atoms with Gasteiger partial charge in [0.1, 0.15) is 0 Å². The number of likely N-dealkylation sites (tertiary alicyclic amines) is 1. The van der Waals surface area contributed by atoms with Crippen molar-refractivity contribution in [2.45, 2.75) is 128 Å². The van der Waals surface area contributed by atoms with Gasteiger partial charge >= 0.3 is 0 Å². The van der Waals surface area contributed by atoms with Gasteiger partial charge in [0.05, 0.1) is 6.33 Å². The monoisotopic (exact) mass is 596 g/mol. The molecule has 5 rings (SSSR count). The van der Waals surface area contributed by atoms with Gasteiger partial charge in [-0.25, -0.2) is 4.98 Å². The Balaban J connectivity index is 0.00000220. The highest BCUT2D eigenvalue weighted by Gasteiger charge is 2.29. The van der Waals surface area contributed by atoms with E-state index in [0.717, 1.165) is 94.3 Å². The lowest BCUT2D eigenvalue weighted by Gasteiger charge is -2.34. The first-order valence-electron chi connectivity index (χ1n) is 15.4. The van der Waals surface area contributed by atoms with Gasteiger partial charge in [0.15, 0.2) is 17.0 Å². The summed E-state index contributed by atoms with van der Waals surface area (Å²) < 4.78 is 2.28. The Morgan fingerprint density at radius 3 is 2.30 bits per heavy atom. The van der Waals surface area contributed by atoms with Gasteiger partial charge in [-0.1, -0.05) is 39.5 Å². The molecule has 0 spiro atoms. The van der Waals surface area contributed by atoms with Crippen molar-refractivity contribution >= 4 is 53.7 Å². The van der Waals surface area contributed by atoms with Crippen molar-refractivity contribution in [3.8, 4) is 0 Å². The van der Waals surface area contributed by atoms with Crippen LogP contribution >= 0.6 is 24.8 Å².